The zero-order valence-corrected chi connectivity index (χ0v) is 25.3. The maximum absolute atomic E-state index is 14.1. The Balaban J connectivity index is 1.22. The van der Waals surface area contributed by atoms with Crippen molar-refractivity contribution in [2.75, 3.05) is 24.1 Å². The number of β-amino-alcohol motifs (C(OH)–C–C–N with tert-alkyl or cyclic N) is 1. The van der Waals surface area contributed by atoms with Gasteiger partial charge in [-0.3, -0.25) is 9.69 Å². The molecule has 17 heteroatoms. The van der Waals surface area contributed by atoms with Gasteiger partial charge in [-0.25, -0.2) is 14.3 Å². The number of aromatic amines is 1. The van der Waals surface area contributed by atoms with Gasteiger partial charge in [-0.05, 0) is 53.4 Å². The van der Waals surface area contributed by atoms with Crippen LogP contribution in [0.15, 0.2) is 86.8 Å². The fourth-order valence-electron chi connectivity index (χ4n) is 5.84. The van der Waals surface area contributed by atoms with Crippen LogP contribution in [0.25, 0.3) is 39.3 Å². The minimum atomic E-state index is -5.07. The first-order valence-electron chi connectivity index (χ1n) is 14.9. The van der Waals surface area contributed by atoms with E-state index in [9.17, 15) is 32.7 Å². The lowest BCUT2D eigenvalue weighted by atomic mass is 9.99. The summed E-state index contributed by atoms with van der Waals surface area (Å²) in [5, 5.41) is 23.3. The second kappa shape index (κ2) is 12.2. The van der Waals surface area contributed by atoms with Gasteiger partial charge in [0, 0.05) is 30.9 Å². The Labute approximate surface area is 273 Å². The zero-order chi connectivity index (χ0) is 34.4. The van der Waals surface area contributed by atoms with Gasteiger partial charge in [0.25, 0.3) is 5.56 Å². The van der Waals surface area contributed by atoms with Crippen LogP contribution >= 0.6 is 0 Å². The molecule has 1 saturated heterocycles. The molecule has 1 aliphatic heterocycles. The number of aliphatic hydroxyl groups excluding tert-OH is 1. The molecule has 49 heavy (non-hydrogen) atoms. The van der Waals surface area contributed by atoms with Crippen molar-refractivity contribution in [1.29, 1.82) is 0 Å². The van der Waals surface area contributed by atoms with Crippen LogP contribution in [0.4, 0.5) is 29.7 Å². The summed E-state index contributed by atoms with van der Waals surface area (Å²) in [6, 6.07) is 18.6. The van der Waals surface area contributed by atoms with Crippen LogP contribution in [0.3, 0.4) is 0 Å². The van der Waals surface area contributed by atoms with Crippen molar-refractivity contribution in [3.63, 3.8) is 0 Å². The first kappa shape index (κ1) is 31.5. The Hall–Kier alpha value is -6.07. The molecule has 6 aromatic rings. The normalized spacial score (nSPS) is 15.2. The summed E-state index contributed by atoms with van der Waals surface area (Å²) in [6.07, 6.45) is -4.70. The van der Waals surface area contributed by atoms with E-state index in [0.717, 1.165) is 23.2 Å². The van der Waals surface area contributed by atoms with Crippen LogP contribution < -0.4 is 22.3 Å². The van der Waals surface area contributed by atoms with E-state index < -0.39 is 40.2 Å². The van der Waals surface area contributed by atoms with Crippen molar-refractivity contribution in [2.45, 2.75) is 25.2 Å². The standard InChI is InChI=1S/C32H26F3N9O5/c33-32(34,35)26-24-25(44(41-26)21-6-3-5-18(14-21)27-39-40-29(36)49-27)28(46)43(31(48)38-24)30(47)37-20-10-8-17(9-11-20)23-7-2-1-4-19(23)15-42-13-12-22(45)16-42/h1-11,14,22,45H,12-13,15-16H2,(H2,36,40)(H,37,47)(H,38,48). The van der Waals surface area contributed by atoms with E-state index in [1.807, 2.05) is 29.2 Å². The number of H-pyrrole nitrogens is 1. The highest BCUT2D eigenvalue weighted by atomic mass is 19.4. The largest absolute Gasteiger partial charge is 0.437 e. The van der Waals surface area contributed by atoms with Crippen molar-refractivity contribution in [2.24, 2.45) is 0 Å². The van der Waals surface area contributed by atoms with Crippen LogP contribution in [-0.2, 0) is 12.7 Å². The maximum atomic E-state index is 14.1. The molecule has 1 unspecified atom stereocenters. The zero-order valence-electron chi connectivity index (χ0n) is 25.3. The number of alkyl halides is 3. The molecule has 0 bridgehead atoms. The second-order valence-electron chi connectivity index (χ2n) is 11.4. The van der Waals surface area contributed by atoms with Crippen molar-refractivity contribution in [3.8, 4) is 28.3 Å². The first-order chi connectivity index (χ1) is 23.5. The predicted octanol–water partition coefficient (Wildman–Crippen LogP) is 3.84. The van der Waals surface area contributed by atoms with Crippen molar-refractivity contribution >= 4 is 28.8 Å². The Morgan fingerprint density at radius 2 is 1.82 bits per heavy atom. The van der Waals surface area contributed by atoms with Crippen LogP contribution in [0.5, 0.6) is 0 Å². The highest BCUT2D eigenvalue weighted by Gasteiger charge is 2.39. The van der Waals surface area contributed by atoms with E-state index in [2.05, 4.69) is 25.5 Å². The monoisotopic (exact) mass is 673 g/mol. The molecule has 3 aromatic carbocycles. The molecule has 0 radical (unpaired) electrons. The molecular weight excluding hydrogens is 647 g/mol. The number of fused-ring (bicyclic) bond motifs is 1. The Bertz CT molecular complexity index is 2330. The first-order valence-corrected chi connectivity index (χ1v) is 14.9. The van der Waals surface area contributed by atoms with Gasteiger partial charge in [-0.1, -0.05) is 47.6 Å². The number of carbonyl (C=O) groups excluding carboxylic acids is 1. The predicted molar refractivity (Wildman–Crippen MR) is 171 cm³/mol. The minimum absolute atomic E-state index is 0.0392. The summed E-state index contributed by atoms with van der Waals surface area (Å²) in [4.78, 5) is 44.2. The third-order valence-electron chi connectivity index (χ3n) is 8.08. The number of halogens is 3. The lowest BCUT2D eigenvalue weighted by Crippen LogP contribution is -2.42. The lowest BCUT2D eigenvalue weighted by molar-refractivity contribution is -0.140. The number of anilines is 2. The summed E-state index contributed by atoms with van der Waals surface area (Å²) >= 11 is 0. The molecule has 3 aromatic heterocycles. The molecule has 7 rings (SSSR count). The van der Waals surface area contributed by atoms with Crippen molar-refractivity contribution in [1.82, 2.24) is 34.4 Å². The van der Waals surface area contributed by atoms with E-state index in [-0.39, 0.29) is 39.5 Å². The number of rotatable bonds is 6. The summed E-state index contributed by atoms with van der Waals surface area (Å²) in [5.74, 6) is -0.0435. The second-order valence-corrected chi connectivity index (χ2v) is 11.4. The number of nitrogens with one attached hydrogen (secondary N) is 2. The molecule has 4 heterocycles. The van der Waals surface area contributed by atoms with Crippen LogP contribution in [0.2, 0.25) is 0 Å². The number of amides is 1. The van der Waals surface area contributed by atoms with Gasteiger partial charge in [0.1, 0.15) is 5.52 Å². The number of nitrogen functional groups attached to an aromatic ring is 1. The molecule has 250 valence electrons. The highest BCUT2D eigenvalue weighted by molar-refractivity contribution is 5.93. The topological polar surface area (TPSA) is 190 Å². The molecule has 1 amide bonds. The summed E-state index contributed by atoms with van der Waals surface area (Å²) in [7, 11) is 0. The molecule has 1 atom stereocenters. The van der Waals surface area contributed by atoms with E-state index in [0.29, 0.717) is 24.2 Å². The summed E-state index contributed by atoms with van der Waals surface area (Å²) < 4.78 is 48.2. The third kappa shape index (κ3) is 6.07. The fraction of sp³-hybridized carbons (Fsp3) is 0.188. The molecular formula is C32H26F3N9O5. The van der Waals surface area contributed by atoms with Crippen molar-refractivity contribution < 1.29 is 27.5 Å². The van der Waals surface area contributed by atoms with Crippen molar-refractivity contribution in [3.05, 3.63) is 105 Å². The summed E-state index contributed by atoms with van der Waals surface area (Å²) in [5.41, 5.74) is 2.86. The number of carbonyl (C=O) groups is 1. The Morgan fingerprint density at radius 1 is 1.04 bits per heavy atom. The quantitative estimate of drug-likeness (QED) is 0.202. The van der Waals surface area contributed by atoms with Gasteiger partial charge in [0.2, 0.25) is 5.89 Å². The van der Waals surface area contributed by atoms with Crippen LogP contribution in [0, 0.1) is 0 Å². The van der Waals surface area contributed by atoms with Gasteiger partial charge in [0.05, 0.1) is 11.8 Å². The number of likely N-dealkylation sites (tertiary alicyclic amines) is 1. The molecule has 1 aliphatic rings. The third-order valence-corrected chi connectivity index (χ3v) is 8.08. The average Bonchev–Trinajstić information content (AvgIpc) is 3.80. The van der Waals surface area contributed by atoms with Gasteiger partial charge < -0.3 is 25.6 Å². The van der Waals surface area contributed by atoms with E-state index in [4.69, 9.17) is 10.2 Å². The molecule has 0 spiro atoms. The van der Waals surface area contributed by atoms with Gasteiger partial charge >= 0.3 is 23.9 Å². The number of nitrogens with two attached hydrogens (primary N) is 1. The Kier molecular flexibility index (Phi) is 7.84. The average molecular weight is 674 g/mol. The van der Waals surface area contributed by atoms with Gasteiger partial charge in [0.15, 0.2) is 11.2 Å². The maximum Gasteiger partial charge on any atom is 0.437 e. The molecule has 1 fully saturated rings. The molecule has 5 N–H and O–H groups in total. The van der Waals surface area contributed by atoms with E-state index in [1.54, 1.807) is 24.3 Å². The van der Waals surface area contributed by atoms with Crippen LogP contribution in [-0.4, -0.2) is 64.8 Å². The number of aromatic nitrogens is 6. The Morgan fingerprint density at radius 3 is 2.51 bits per heavy atom. The smallest absolute Gasteiger partial charge is 0.404 e. The number of hydrogen-bond donors (Lipinski definition) is 4. The minimum Gasteiger partial charge on any atom is -0.404 e. The van der Waals surface area contributed by atoms with Gasteiger partial charge in [-0.15, -0.1) is 5.10 Å². The van der Waals surface area contributed by atoms with E-state index >= 15 is 0 Å². The van der Waals surface area contributed by atoms with Gasteiger partial charge in [-0.2, -0.15) is 22.8 Å². The highest BCUT2D eigenvalue weighted by Crippen LogP contribution is 2.33. The number of nitrogens with zero attached hydrogens (tertiary/aromatic N) is 6. The lowest BCUT2D eigenvalue weighted by Gasteiger charge is -2.18. The molecule has 0 saturated carbocycles. The fourth-order valence-corrected chi connectivity index (χ4v) is 5.84. The van der Waals surface area contributed by atoms with Crippen LogP contribution in [0.1, 0.15) is 17.7 Å². The number of aliphatic hydroxyl groups is 1. The molecule has 14 nitrogen and oxygen atoms in total. The SMILES string of the molecule is Nc1nnc(-c2cccc(-n3nc(C(F)(F)F)c4[nH]c(=O)n(C(=O)Nc5ccc(-c6ccccc6CN6CCC(O)C6)cc5)c(=O)c43)c2)o1. The molecule has 0 aliphatic carbocycles. The van der Waals surface area contributed by atoms with E-state index in [1.165, 1.54) is 24.3 Å². The summed E-state index contributed by atoms with van der Waals surface area (Å²) in [6.45, 7) is 2.01. The number of hydrogen-bond acceptors (Lipinski definition) is 10. The number of benzene rings is 3.